The number of benzene rings is 1. The number of hydrogen-bond acceptors (Lipinski definition) is 6. The second-order valence-electron chi connectivity index (χ2n) is 13.0. The lowest BCUT2D eigenvalue weighted by Gasteiger charge is -2.39. The molecule has 2 aliphatic heterocycles. The fraction of sp³-hybridized carbons (Fsp3) is 0.567. The molecule has 0 bridgehead atoms. The van der Waals surface area contributed by atoms with Crippen molar-refractivity contribution in [2.45, 2.75) is 70.0 Å². The van der Waals surface area contributed by atoms with E-state index in [1.54, 1.807) is 10.6 Å². The van der Waals surface area contributed by atoms with Crippen molar-refractivity contribution in [3.63, 3.8) is 0 Å². The lowest BCUT2D eigenvalue weighted by molar-refractivity contribution is -0.165. The molecule has 232 valence electrons. The predicted molar refractivity (Wildman–Crippen MR) is 154 cm³/mol. The molecule has 9 nitrogen and oxygen atoms in total. The zero-order valence-corrected chi connectivity index (χ0v) is 25.0. The number of alkyl halides is 3. The summed E-state index contributed by atoms with van der Waals surface area (Å²) in [5, 5.41) is 15.4. The monoisotopic (exact) mass is 621 g/mol. The largest absolute Gasteiger partial charge is 0.392 e. The summed E-state index contributed by atoms with van der Waals surface area (Å²) < 4.78 is 48.4. The molecule has 1 aromatic carbocycles. The van der Waals surface area contributed by atoms with Gasteiger partial charge in [-0.3, -0.25) is 18.7 Å². The van der Waals surface area contributed by atoms with E-state index in [4.69, 9.17) is 16.3 Å². The molecule has 2 saturated heterocycles. The third-order valence-corrected chi connectivity index (χ3v) is 9.55. The maximum absolute atomic E-state index is 13.4. The van der Waals surface area contributed by atoms with Gasteiger partial charge >= 0.3 is 6.18 Å². The van der Waals surface area contributed by atoms with Crippen LogP contribution in [0.1, 0.15) is 51.6 Å². The number of morpholine rings is 1. The first-order valence-electron chi connectivity index (χ1n) is 14.4. The molecule has 1 amide bonds. The van der Waals surface area contributed by atoms with Crippen molar-refractivity contribution in [3.05, 3.63) is 57.7 Å². The fourth-order valence-electron chi connectivity index (χ4n) is 6.34. The Labute approximate surface area is 251 Å². The molecule has 0 unspecified atom stereocenters. The van der Waals surface area contributed by atoms with E-state index in [0.717, 1.165) is 17.8 Å². The van der Waals surface area contributed by atoms with Crippen molar-refractivity contribution in [3.8, 4) is 5.69 Å². The van der Waals surface area contributed by atoms with Crippen LogP contribution in [-0.2, 0) is 16.1 Å². The van der Waals surface area contributed by atoms with Gasteiger partial charge in [-0.2, -0.15) is 13.2 Å². The Morgan fingerprint density at radius 2 is 1.86 bits per heavy atom. The second-order valence-corrected chi connectivity index (χ2v) is 13.4. The van der Waals surface area contributed by atoms with Crippen LogP contribution in [-0.4, -0.2) is 73.7 Å². The molecule has 3 aliphatic rings. The van der Waals surface area contributed by atoms with Gasteiger partial charge in [0.15, 0.2) is 5.65 Å². The van der Waals surface area contributed by atoms with Gasteiger partial charge in [0.25, 0.3) is 5.56 Å². The Hall–Kier alpha value is -2.93. The summed E-state index contributed by atoms with van der Waals surface area (Å²) in [5.41, 5.74) is -1.17. The van der Waals surface area contributed by atoms with E-state index in [-0.39, 0.29) is 61.5 Å². The van der Waals surface area contributed by atoms with Crippen molar-refractivity contribution < 1.29 is 27.8 Å². The minimum Gasteiger partial charge on any atom is -0.388 e. The maximum atomic E-state index is 13.4. The van der Waals surface area contributed by atoms with Crippen LogP contribution >= 0.6 is 11.6 Å². The van der Waals surface area contributed by atoms with Gasteiger partial charge in [0.2, 0.25) is 5.91 Å². The normalized spacial score (nSPS) is 26.9. The van der Waals surface area contributed by atoms with Crippen molar-refractivity contribution >= 4 is 28.5 Å². The van der Waals surface area contributed by atoms with Crippen LogP contribution in [0.15, 0.2) is 41.5 Å². The van der Waals surface area contributed by atoms with E-state index in [9.17, 15) is 27.9 Å². The van der Waals surface area contributed by atoms with Gasteiger partial charge in [0, 0.05) is 25.3 Å². The summed E-state index contributed by atoms with van der Waals surface area (Å²) in [6, 6.07) is 9.40. The zero-order valence-electron chi connectivity index (χ0n) is 24.2. The summed E-state index contributed by atoms with van der Waals surface area (Å²) in [5.74, 6) is -2.16. The van der Waals surface area contributed by atoms with E-state index in [1.807, 2.05) is 38.1 Å². The molecule has 3 fully saturated rings. The lowest BCUT2D eigenvalue weighted by Crippen LogP contribution is -2.51. The highest BCUT2D eigenvalue weighted by Crippen LogP contribution is 2.61. The van der Waals surface area contributed by atoms with Gasteiger partial charge in [-0.15, -0.1) is 0 Å². The van der Waals surface area contributed by atoms with E-state index in [1.165, 1.54) is 22.7 Å². The summed E-state index contributed by atoms with van der Waals surface area (Å²) in [6.45, 7) is 6.87. The predicted octanol–water partition coefficient (Wildman–Crippen LogP) is 4.22. The molecule has 3 atom stereocenters. The number of carbonyl (C=O) groups excluding carboxylic acids is 1. The van der Waals surface area contributed by atoms with Crippen LogP contribution in [0.3, 0.4) is 0 Å². The Bertz CT molecular complexity index is 1600. The van der Waals surface area contributed by atoms with Gasteiger partial charge in [-0.05, 0) is 56.9 Å². The van der Waals surface area contributed by atoms with Crippen molar-refractivity contribution in [2.24, 2.45) is 11.3 Å². The molecule has 43 heavy (non-hydrogen) atoms. The number of nitrogens with zero attached hydrogens (tertiary/aromatic N) is 4. The Kier molecular flexibility index (Phi) is 7.23. The average Bonchev–Trinajstić information content (AvgIpc) is 3.56. The molecule has 0 spiro atoms. The fourth-order valence-corrected chi connectivity index (χ4v) is 6.63. The second kappa shape index (κ2) is 10.3. The van der Waals surface area contributed by atoms with Gasteiger partial charge in [0.1, 0.15) is 11.5 Å². The Balaban J connectivity index is 1.15. The van der Waals surface area contributed by atoms with Crippen molar-refractivity contribution in [1.29, 1.82) is 0 Å². The van der Waals surface area contributed by atoms with Crippen LogP contribution in [0.25, 0.3) is 16.7 Å². The average molecular weight is 622 g/mol. The van der Waals surface area contributed by atoms with Crippen LogP contribution in [0.5, 0.6) is 0 Å². The molecule has 2 N–H and O–H groups in total. The Morgan fingerprint density at radius 1 is 1.19 bits per heavy atom. The molecule has 2 aromatic heterocycles. The number of rotatable bonds is 5. The van der Waals surface area contributed by atoms with E-state index in [0.29, 0.717) is 17.4 Å². The van der Waals surface area contributed by atoms with Crippen LogP contribution < -0.4 is 10.9 Å². The summed E-state index contributed by atoms with van der Waals surface area (Å²) in [4.78, 5) is 32.2. The van der Waals surface area contributed by atoms with Gasteiger partial charge in [-0.1, -0.05) is 30.7 Å². The zero-order chi connectivity index (χ0) is 30.9. The first-order chi connectivity index (χ1) is 20.1. The SMILES string of the molecule is CC1(C)CN[C@H](c2ccc(-n3c(Cl)cc4c(=O)n(CC5(O)CCN(C(=O)[C@@]6(C)C[C@@H]6C(F)(F)F)CC5)cnc43)cc2)CO1. The third-order valence-electron chi connectivity index (χ3n) is 9.28. The lowest BCUT2D eigenvalue weighted by atomic mass is 9.90. The number of hydrogen-bond donors (Lipinski definition) is 2. The minimum atomic E-state index is -4.40. The third kappa shape index (κ3) is 5.58. The molecule has 1 saturated carbocycles. The quantitative estimate of drug-likeness (QED) is 0.443. The number of fused-ring (bicyclic) bond motifs is 1. The number of amides is 1. The first kappa shape index (κ1) is 30.1. The van der Waals surface area contributed by atoms with E-state index >= 15 is 0 Å². The molecule has 3 aromatic rings. The molecule has 13 heteroatoms. The molecule has 4 heterocycles. The first-order valence-corrected chi connectivity index (χ1v) is 14.8. The molecule has 1 aliphatic carbocycles. The summed E-state index contributed by atoms with van der Waals surface area (Å²) >= 11 is 6.58. The van der Waals surface area contributed by atoms with Crippen LogP contribution in [0.2, 0.25) is 5.15 Å². The van der Waals surface area contributed by atoms with Crippen LogP contribution in [0.4, 0.5) is 13.2 Å². The number of aromatic nitrogens is 3. The van der Waals surface area contributed by atoms with Gasteiger partial charge < -0.3 is 20.1 Å². The van der Waals surface area contributed by atoms with E-state index in [2.05, 4.69) is 10.3 Å². The maximum Gasteiger partial charge on any atom is 0.392 e. The van der Waals surface area contributed by atoms with E-state index < -0.39 is 29.0 Å². The van der Waals surface area contributed by atoms with Crippen LogP contribution in [0, 0.1) is 11.3 Å². The number of halogens is 4. The standard InChI is InChI=1S/C30H35ClF3N5O4/c1-27(2)15-35-21(14-43-27)18-4-6-19(7-5-18)39-23(31)12-20-24(39)36-17-38(25(20)40)16-29(42)8-10-37(11-9-29)26(41)28(3)13-22(28)30(32,33)34/h4-7,12,17,21-22,35,42H,8-11,13-16H2,1-3H3/t21-,22-,28-/m0/s1. The number of carbonyl (C=O) groups is 1. The Morgan fingerprint density at radius 3 is 2.44 bits per heavy atom. The summed E-state index contributed by atoms with van der Waals surface area (Å²) in [7, 11) is 0. The minimum absolute atomic E-state index is 0.0636. The topological polar surface area (TPSA) is 102 Å². The smallest absolute Gasteiger partial charge is 0.388 e. The summed E-state index contributed by atoms with van der Waals surface area (Å²) in [6.07, 6.45) is -3.00. The highest BCUT2D eigenvalue weighted by atomic mass is 35.5. The molecular formula is C30H35ClF3N5O4. The number of piperidine rings is 1. The molecule has 6 rings (SSSR count). The molecule has 0 radical (unpaired) electrons. The highest BCUT2D eigenvalue weighted by molar-refractivity contribution is 6.31. The number of likely N-dealkylation sites (tertiary alicyclic amines) is 1. The number of ether oxygens (including phenoxy) is 1. The molecular weight excluding hydrogens is 587 g/mol. The highest BCUT2D eigenvalue weighted by Gasteiger charge is 2.68. The number of aliphatic hydroxyl groups is 1. The van der Waals surface area contributed by atoms with Crippen molar-refractivity contribution in [2.75, 3.05) is 26.2 Å². The number of nitrogens with one attached hydrogen (secondary N) is 1. The van der Waals surface area contributed by atoms with Crippen molar-refractivity contribution in [1.82, 2.24) is 24.3 Å². The van der Waals surface area contributed by atoms with Gasteiger partial charge in [0.05, 0.1) is 47.1 Å². The van der Waals surface area contributed by atoms with Gasteiger partial charge in [-0.25, -0.2) is 4.98 Å².